The van der Waals surface area contributed by atoms with Gasteiger partial charge in [-0.2, -0.15) is 5.26 Å². The van der Waals surface area contributed by atoms with E-state index in [4.69, 9.17) is 28.3 Å². The van der Waals surface area contributed by atoms with E-state index in [1.165, 1.54) is 0 Å². The molecule has 0 amide bonds. The molecule has 0 aliphatic carbocycles. The number of ether oxygens (including phenoxy) is 2. The highest BCUT2D eigenvalue weighted by Gasteiger charge is 2.27. The van der Waals surface area contributed by atoms with Crippen LogP contribution in [0.25, 0.3) is 0 Å². The van der Waals surface area contributed by atoms with E-state index < -0.39 is 14.2 Å². The van der Waals surface area contributed by atoms with Crippen molar-refractivity contribution in [3.05, 3.63) is 0 Å². The maximum atomic E-state index is 12.2. The first kappa shape index (κ1) is 24.5. The number of phosphoric acid groups is 1. The summed E-state index contributed by atoms with van der Waals surface area (Å²) in [6.07, 6.45) is -0.333. The van der Waals surface area contributed by atoms with Gasteiger partial charge in [-0.3, -0.25) is 18.5 Å². The monoisotopic (exact) mass is 380 g/mol. The average molecular weight is 380 g/mol. The summed E-state index contributed by atoms with van der Waals surface area (Å²) < 4.78 is 39.0. The van der Waals surface area contributed by atoms with Crippen molar-refractivity contribution in [3.63, 3.8) is 0 Å². The Morgan fingerprint density at radius 3 is 1.88 bits per heavy atom. The molecule has 0 aliphatic heterocycles. The predicted molar refractivity (Wildman–Crippen MR) is 94.8 cm³/mol. The van der Waals surface area contributed by atoms with Gasteiger partial charge in [-0.15, -0.1) is 0 Å². The Kier molecular flexibility index (Phi) is 13.4. The zero-order valence-corrected chi connectivity index (χ0v) is 17.2. The first-order chi connectivity index (χ1) is 11.8. The minimum absolute atomic E-state index is 0.0411. The zero-order valence-electron chi connectivity index (χ0n) is 16.3. The van der Waals surface area contributed by atoms with Crippen LogP contribution in [0.3, 0.4) is 0 Å². The standard InChI is InChI=1S/C16H33N2O6P/c1-7-22-25(19,23-8-2)24-13-12-21-16(20-11-9-10-17)18(14(3)4)15(5)6/h14-16H,7-9,11-13H2,1-6H3. The quantitative estimate of drug-likeness (QED) is 0.242. The topological polar surface area (TPSA) is 90.3 Å². The van der Waals surface area contributed by atoms with Gasteiger partial charge in [-0.25, -0.2) is 4.57 Å². The molecule has 1 unspecified atom stereocenters. The molecule has 9 heteroatoms. The molecule has 0 aromatic rings. The molecule has 0 fully saturated rings. The third-order valence-corrected chi connectivity index (χ3v) is 4.73. The van der Waals surface area contributed by atoms with Gasteiger partial charge in [0.05, 0.1) is 45.5 Å². The number of hydrogen-bond acceptors (Lipinski definition) is 8. The Balaban J connectivity index is 4.65. The zero-order chi connectivity index (χ0) is 19.3. The Morgan fingerprint density at radius 2 is 1.44 bits per heavy atom. The van der Waals surface area contributed by atoms with Crippen molar-refractivity contribution < 1.29 is 27.6 Å². The molecule has 0 aromatic carbocycles. The van der Waals surface area contributed by atoms with Gasteiger partial charge in [0.25, 0.3) is 0 Å². The van der Waals surface area contributed by atoms with Gasteiger partial charge in [0, 0.05) is 12.1 Å². The van der Waals surface area contributed by atoms with Crippen LogP contribution in [0.5, 0.6) is 0 Å². The second kappa shape index (κ2) is 13.7. The van der Waals surface area contributed by atoms with Crippen molar-refractivity contribution in [3.8, 4) is 6.07 Å². The molecule has 0 aliphatic rings. The van der Waals surface area contributed by atoms with Gasteiger partial charge in [-0.05, 0) is 41.5 Å². The summed E-state index contributed by atoms with van der Waals surface area (Å²) in [6.45, 7) is 12.5. The van der Waals surface area contributed by atoms with Crippen LogP contribution in [0.2, 0.25) is 0 Å². The lowest BCUT2D eigenvalue weighted by Gasteiger charge is -2.37. The molecule has 0 radical (unpaired) electrons. The second-order valence-electron chi connectivity index (χ2n) is 5.71. The Labute approximate surface area is 151 Å². The largest absolute Gasteiger partial charge is 0.474 e. The molecular weight excluding hydrogens is 347 g/mol. The van der Waals surface area contributed by atoms with Crippen LogP contribution < -0.4 is 0 Å². The molecule has 0 bridgehead atoms. The molecule has 0 saturated heterocycles. The van der Waals surface area contributed by atoms with E-state index >= 15 is 0 Å². The minimum Gasteiger partial charge on any atom is -0.339 e. The highest BCUT2D eigenvalue weighted by molar-refractivity contribution is 7.48. The number of hydrogen-bond donors (Lipinski definition) is 0. The van der Waals surface area contributed by atoms with E-state index in [2.05, 4.69) is 0 Å². The van der Waals surface area contributed by atoms with Crippen molar-refractivity contribution in [2.45, 2.75) is 66.5 Å². The molecule has 0 saturated carbocycles. The molecule has 25 heavy (non-hydrogen) atoms. The lowest BCUT2D eigenvalue weighted by Crippen LogP contribution is -2.48. The van der Waals surface area contributed by atoms with E-state index in [1.807, 2.05) is 38.7 Å². The van der Waals surface area contributed by atoms with Crippen LogP contribution in [-0.2, 0) is 27.6 Å². The SMILES string of the molecule is CCOP(=O)(OCC)OCCOC(OCCC#N)N(C(C)C)C(C)C. The summed E-state index contributed by atoms with van der Waals surface area (Å²) in [6, 6.07) is 2.41. The molecule has 0 aromatic heterocycles. The van der Waals surface area contributed by atoms with E-state index in [-0.39, 0.29) is 51.5 Å². The summed E-state index contributed by atoms with van der Waals surface area (Å²) in [7, 11) is -3.54. The Morgan fingerprint density at radius 1 is 0.920 bits per heavy atom. The van der Waals surface area contributed by atoms with Crippen LogP contribution in [0.15, 0.2) is 0 Å². The molecule has 1 atom stereocenters. The Bertz CT molecular complexity index is 409. The fourth-order valence-electron chi connectivity index (χ4n) is 2.23. The third-order valence-electron chi connectivity index (χ3n) is 3.08. The van der Waals surface area contributed by atoms with Crippen LogP contribution in [0.4, 0.5) is 0 Å². The fourth-order valence-corrected chi connectivity index (χ4v) is 3.39. The number of rotatable bonds is 15. The maximum Gasteiger partial charge on any atom is 0.474 e. The smallest absolute Gasteiger partial charge is 0.339 e. The van der Waals surface area contributed by atoms with Crippen LogP contribution >= 0.6 is 7.82 Å². The normalized spacial score (nSPS) is 13.6. The van der Waals surface area contributed by atoms with Gasteiger partial charge >= 0.3 is 7.82 Å². The van der Waals surface area contributed by atoms with Crippen molar-refractivity contribution in [2.24, 2.45) is 0 Å². The first-order valence-electron chi connectivity index (χ1n) is 8.72. The van der Waals surface area contributed by atoms with Crippen LogP contribution in [0.1, 0.15) is 48.0 Å². The number of nitriles is 1. The maximum absolute atomic E-state index is 12.2. The van der Waals surface area contributed by atoms with Crippen LogP contribution in [0, 0.1) is 11.3 Å². The predicted octanol–water partition coefficient (Wildman–Crippen LogP) is 3.53. The molecule has 0 heterocycles. The van der Waals surface area contributed by atoms with Crippen molar-refractivity contribution in [2.75, 3.05) is 33.0 Å². The van der Waals surface area contributed by atoms with Crippen molar-refractivity contribution in [1.82, 2.24) is 4.90 Å². The van der Waals surface area contributed by atoms with Gasteiger partial charge in [-0.1, -0.05) is 0 Å². The number of phosphoric ester groups is 1. The van der Waals surface area contributed by atoms with E-state index in [0.29, 0.717) is 0 Å². The lowest BCUT2D eigenvalue weighted by atomic mass is 10.2. The van der Waals surface area contributed by atoms with E-state index in [0.717, 1.165) is 0 Å². The molecular formula is C16H33N2O6P. The highest BCUT2D eigenvalue weighted by Crippen LogP contribution is 2.48. The fraction of sp³-hybridized carbons (Fsp3) is 0.938. The molecule has 148 valence electrons. The average Bonchev–Trinajstić information content (AvgIpc) is 2.51. The van der Waals surface area contributed by atoms with E-state index in [1.54, 1.807) is 13.8 Å². The molecule has 8 nitrogen and oxygen atoms in total. The van der Waals surface area contributed by atoms with Crippen molar-refractivity contribution >= 4 is 7.82 Å². The highest BCUT2D eigenvalue weighted by atomic mass is 31.2. The molecule has 0 spiro atoms. The Hall–Kier alpha value is -0.520. The number of nitrogens with zero attached hydrogens (tertiary/aromatic N) is 2. The van der Waals surface area contributed by atoms with Gasteiger partial charge in [0.2, 0.25) is 6.41 Å². The summed E-state index contributed by atoms with van der Waals surface area (Å²) >= 11 is 0. The van der Waals surface area contributed by atoms with Gasteiger partial charge in [0.1, 0.15) is 0 Å². The first-order valence-corrected chi connectivity index (χ1v) is 10.2. The summed E-state index contributed by atoms with van der Waals surface area (Å²) in [5, 5.41) is 8.68. The summed E-state index contributed by atoms with van der Waals surface area (Å²) in [5.41, 5.74) is 0. The third kappa shape index (κ3) is 10.3. The van der Waals surface area contributed by atoms with Crippen molar-refractivity contribution in [1.29, 1.82) is 5.26 Å². The minimum atomic E-state index is -3.54. The van der Waals surface area contributed by atoms with Crippen LogP contribution in [-0.4, -0.2) is 56.4 Å². The van der Waals surface area contributed by atoms with E-state index in [9.17, 15) is 4.57 Å². The molecule has 0 rings (SSSR count). The second-order valence-corrected chi connectivity index (χ2v) is 7.38. The molecule has 0 N–H and O–H groups in total. The lowest BCUT2D eigenvalue weighted by molar-refractivity contribution is -0.242. The van der Waals surface area contributed by atoms with Gasteiger partial charge < -0.3 is 9.47 Å². The van der Waals surface area contributed by atoms with Gasteiger partial charge in [0.15, 0.2) is 0 Å². The summed E-state index contributed by atoms with van der Waals surface area (Å²) in [4.78, 5) is 2.04. The summed E-state index contributed by atoms with van der Waals surface area (Å²) in [5.74, 6) is 0.